The van der Waals surface area contributed by atoms with Gasteiger partial charge in [0.1, 0.15) is 11.6 Å². The summed E-state index contributed by atoms with van der Waals surface area (Å²) < 4.78 is 0. The fraction of sp³-hybridized carbons (Fsp3) is 0.261. The van der Waals surface area contributed by atoms with E-state index in [0.29, 0.717) is 23.6 Å². The Hall–Kier alpha value is -3.45. The van der Waals surface area contributed by atoms with Crippen molar-refractivity contribution >= 4 is 17.4 Å². The van der Waals surface area contributed by atoms with Gasteiger partial charge in [-0.2, -0.15) is 0 Å². The smallest absolute Gasteiger partial charge is 0.251 e. The number of amides is 1. The topological polar surface area (TPSA) is 90.4 Å². The number of hydrogen-bond donors (Lipinski definition) is 3. The van der Waals surface area contributed by atoms with Crippen molar-refractivity contribution in [2.45, 2.75) is 12.8 Å². The zero-order chi connectivity index (χ0) is 20.8. The highest BCUT2D eigenvalue weighted by Crippen LogP contribution is 2.22. The highest BCUT2D eigenvalue weighted by Gasteiger charge is 2.12. The van der Waals surface area contributed by atoms with E-state index in [9.17, 15) is 9.90 Å². The number of benzene rings is 2. The van der Waals surface area contributed by atoms with Crippen LogP contribution in [-0.2, 0) is 0 Å². The molecule has 7 heteroatoms. The maximum atomic E-state index is 12.3. The van der Waals surface area contributed by atoms with Gasteiger partial charge in [-0.25, -0.2) is 4.98 Å². The molecular formula is C23H25N5O2. The lowest BCUT2D eigenvalue weighted by atomic mass is 10.1. The molecule has 0 aliphatic carbocycles. The van der Waals surface area contributed by atoms with Crippen LogP contribution >= 0.6 is 0 Å². The van der Waals surface area contributed by atoms with E-state index in [0.717, 1.165) is 30.9 Å². The van der Waals surface area contributed by atoms with Gasteiger partial charge < -0.3 is 20.6 Å². The number of carbonyl (C=O) groups is 1. The number of phenolic OH excluding ortho intramolecular Hbond substituents is 1. The number of anilines is 2. The molecule has 7 nitrogen and oxygen atoms in total. The number of phenols is 1. The Morgan fingerprint density at radius 2 is 1.73 bits per heavy atom. The lowest BCUT2D eigenvalue weighted by Crippen LogP contribution is -2.33. The number of carbonyl (C=O) groups excluding carboxylic acids is 1. The Balaban J connectivity index is 1.34. The number of rotatable bonds is 7. The summed E-state index contributed by atoms with van der Waals surface area (Å²) in [4.78, 5) is 23.5. The van der Waals surface area contributed by atoms with E-state index < -0.39 is 0 Å². The van der Waals surface area contributed by atoms with Gasteiger partial charge in [0, 0.05) is 29.9 Å². The first-order valence-corrected chi connectivity index (χ1v) is 10.2. The molecule has 1 aliphatic rings. The predicted molar refractivity (Wildman–Crippen MR) is 117 cm³/mol. The first-order valence-electron chi connectivity index (χ1n) is 10.2. The van der Waals surface area contributed by atoms with Gasteiger partial charge in [-0.15, -0.1) is 0 Å². The summed E-state index contributed by atoms with van der Waals surface area (Å²) in [5.74, 6) is 0.749. The highest BCUT2D eigenvalue weighted by atomic mass is 16.3. The number of hydrogen-bond acceptors (Lipinski definition) is 6. The van der Waals surface area contributed by atoms with Crippen molar-refractivity contribution in [3.63, 3.8) is 0 Å². The summed E-state index contributed by atoms with van der Waals surface area (Å²) >= 11 is 0. The summed E-state index contributed by atoms with van der Waals surface area (Å²) in [7, 11) is 0. The third-order valence-electron chi connectivity index (χ3n) is 5.13. The third kappa shape index (κ3) is 5.12. The van der Waals surface area contributed by atoms with Crippen LogP contribution in [0.15, 0.2) is 60.9 Å². The van der Waals surface area contributed by atoms with Crippen molar-refractivity contribution in [2.75, 3.05) is 31.5 Å². The van der Waals surface area contributed by atoms with Crippen LogP contribution < -0.4 is 10.6 Å². The molecule has 2 heterocycles. The van der Waals surface area contributed by atoms with Crippen LogP contribution in [0.5, 0.6) is 5.75 Å². The van der Waals surface area contributed by atoms with Crippen LogP contribution in [0.3, 0.4) is 0 Å². The zero-order valence-electron chi connectivity index (χ0n) is 16.7. The molecular weight excluding hydrogens is 378 g/mol. The molecule has 0 saturated carbocycles. The summed E-state index contributed by atoms with van der Waals surface area (Å²) in [6, 6.07) is 14.1. The van der Waals surface area contributed by atoms with Crippen LogP contribution in [0.25, 0.3) is 11.3 Å². The summed E-state index contributed by atoms with van der Waals surface area (Å²) in [5.41, 5.74) is 3.02. The largest absolute Gasteiger partial charge is 0.508 e. The lowest BCUT2D eigenvalue weighted by Gasteiger charge is -2.14. The van der Waals surface area contributed by atoms with E-state index in [1.54, 1.807) is 48.8 Å². The molecule has 0 atom stereocenters. The number of aromatic nitrogens is 2. The van der Waals surface area contributed by atoms with Crippen LogP contribution in [0.1, 0.15) is 23.2 Å². The predicted octanol–water partition coefficient (Wildman–Crippen LogP) is 3.42. The molecule has 1 aromatic heterocycles. The Morgan fingerprint density at radius 1 is 1.00 bits per heavy atom. The standard InChI is InChI=1S/C23H25N5O2/c29-20-9-5-17(6-10-20)21-15-24-16-22(27-21)26-19-7-3-18(4-8-19)23(30)25-11-14-28-12-1-2-13-28/h3-10,15-16,29H,1-2,11-14H2,(H,25,30)(H,26,27). The van der Waals surface area contributed by atoms with E-state index in [-0.39, 0.29) is 11.7 Å². The van der Waals surface area contributed by atoms with Crippen molar-refractivity contribution < 1.29 is 9.90 Å². The number of likely N-dealkylation sites (tertiary alicyclic amines) is 1. The first kappa shape index (κ1) is 19.8. The second kappa shape index (κ2) is 9.37. The third-order valence-corrected chi connectivity index (χ3v) is 5.13. The van der Waals surface area contributed by atoms with Gasteiger partial charge in [-0.05, 0) is 74.5 Å². The molecule has 3 N–H and O–H groups in total. The summed E-state index contributed by atoms with van der Waals surface area (Å²) in [6.45, 7) is 3.83. The Kier molecular flexibility index (Phi) is 6.20. The van der Waals surface area contributed by atoms with Gasteiger partial charge in [-0.1, -0.05) is 0 Å². The average molecular weight is 403 g/mol. The first-order chi connectivity index (χ1) is 14.7. The van der Waals surface area contributed by atoms with Gasteiger partial charge in [0.15, 0.2) is 0 Å². The average Bonchev–Trinajstić information content (AvgIpc) is 3.28. The molecule has 1 aliphatic heterocycles. The monoisotopic (exact) mass is 403 g/mol. The maximum absolute atomic E-state index is 12.3. The maximum Gasteiger partial charge on any atom is 0.251 e. The second-order valence-electron chi connectivity index (χ2n) is 7.34. The van der Waals surface area contributed by atoms with E-state index in [4.69, 9.17) is 0 Å². The van der Waals surface area contributed by atoms with E-state index >= 15 is 0 Å². The van der Waals surface area contributed by atoms with Crippen molar-refractivity contribution in [3.05, 3.63) is 66.5 Å². The number of nitrogens with zero attached hydrogens (tertiary/aromatic N) is 3. The molecule has 0 spiro atoms. The van der Waals surface area contributed by atoms with Crippen LogP contribution in [0, 0.1) is 0 Å². The van der Waals surface area contributed by atoms with Crippen LogP contribution in [0.4, 0.5) is 11.5 Å². The van der Waals surface area contributed by atoms with Crippen molar-refractivity contribution in [3.8, 4) is 17.0 Å². The summed E-state index contributed by atoms with van der Waals surface area (Å²) in [5, 5.41) is 15.6. The molecule has 4 rings (SSSR count). The van der Waals surface area contributed by atoms with Crippen molar-refractivity contribution in [1.82, 2.24) is 20.2 Å². The van der Waals surface area contributed by atoms with Crippen molar-refractivity contribution in [2.24, 2.45) is 0 Å². The minimum absolute atomic E-state index is 0.0603. The quantitative estimate of drug-likeness (QED) is 0.560. The zero-order valence-corrected chi connectivity index (χ0v) is 16.7. The number of aromatic hydroxyl groups is 1. The minimum atomic E-state index is -0.0603. The number of nitrogens with one attached hydrogen (secondary N) is 2. The van der Waals surface area contributed by atoms with Gasteiger partial charge in [0.05, 0.1) is 18.1 Å². The molecule has 30 heavy (non-hydrogen) atoms. The molecule has 0 unspecified atom stereocenters. The second-order valence-corrected chi connectivity index (χ2v) is 7.34. The van der Waals surface area contributed by atoms with Crippen LogP contribution in [0.2, 0.25) is 0 Å². The molecule has 1 saturated heterocycles. The molecule has 1 amide bonds. The SMILES string of the molecule is O=C(NCCN1CCCC1)c1ccc(Nc2cncc(-c3ccc(O)cc3)n2)cc1. The highest BCUT2D eigenvalue weighted by molar-refractivity contribution is 5.94. The van der Waals surface area contributed by atoms with Gasteiger partial charge >= 0.3 is 0 Å². The molecule has 3 aromatic rings. The van der Waals surface area contributed by atoms with E-state index in [1.165, 1.54) is 12.8 Å². The normalized spacial score (nSPS) is 13.9. The molecule has 0 radical (unpaired) electrons. The molecule has 2 aromatic carbocycles. The van der Waals surface area contributed by atoms with Crippen LogP contribution in [-0.4, -0.2) is 52.1 Å². The Labute approximate surface area is 175 Å². The van der Waals surface area contributed by atoms with E-state index in [2.05, 4.69) is 25.5 Å². The minimum Gasteiger partial charge on any atom is -0.508 e. The Morgan fingerprint density at radius 3 is 2.47 bits per heavy atom. The van der Waals surface area contributed by atoms with Gasteiger partial charge in [-0.3, -0.25) is 9.78 Å². The van der Waals surface area contributed by atoms with Gasteiger partial charge in [0.2, 0.25) is 0 Å². The molecule has 1 fully saturated rings. The summed E-state index contributed by atoms with van der Waals surface area (Å²) in [6.07, 6.45) is 5.82. The van der Waals surface area contributed by atoms with Gasteiger partial charge in [0.25, 0.3) is 5.91 Å². The molecule has 0 bridgehead atoms. The van der Waals surface area contributed by atoms with Crippen molar-refractivity contribution in [1.29, 1.82) is 0 Å². The van der Waals surface area contributed by atoms with E-state index in [1.807, 2.05) is 12.1 Å². The molecule has 154 valence electrons. The lowest BCUT2D eigenvalue weighted by molar-refractivity contribution is 0.0950. The fourth-order valence-corrected chi connectivity index (χ4v) is 3.49. The fourth-order valence-electron chi connectivity index (χ4n) is 3.49. The Bertz CT molecular complexity index is 983.